The van der Waals surface area contributed by atoms with Gasteiger partial charge in [-0.25, -0.2) is 24.9 Å². The molecule has 12 heteroatoms. The van der Waals surface area contributed by atoms with E-state index in [-0.39, 0.29) is 7.43 Å². The minimum atomic E-state index is 0. The summed E-state index contributed by atoms with van der Waals surface area (Å²) in [6.45, 7) is 2.80. The van der Waals surface area contributed by atoms with Crippen molar-refractivity contribution in [2.24, 2.45) is 0 Å². The van der Waals surface area contributed by atoms with Crippen molar-refractivity contribution in [3.8, 4) is 11.4 Å². The van der Waals surface area contributed by atoms with Gasteiger partial charge in [0, 0.05) is 67.5 Å². The number of H-pyrrole nitrogens is 5. The maximum atomic E-state index is 5.11. The number of hydrogen-bond donors (Lipinski definition) is 6. The lowest BCUT2D eigenvalue weighted by molar-refractivity contribution is 0.392. The van der Waals surface area contributed by atoms with Crippen LogP contribution in [0.2, 0.25) is 0 Å². The molecule has 12 nitrogen and oxygen atoms in total. The minimum Gasteiger partial charge on any atom is -0.369 e. The van der Waals surface area contributed by atoms with Crippen LogP contribution in [-0.2, 0) is 6.54 Å². The number of anilines is 1. The van der Waals surface area contributed by atoms with E-state index < -0.39 is 0 Å². The van der Waals surface area contributed by atoms with E-state index in [9.17, 15) is 0 Å². The lowest BCUT2D eigenvalue weighted by atomic mass is 10.2. The van der Waals surface area contributed by atoms with Gasteiger partial charge in [-0.05, 0) is 21.0 Å². The number of imidazole rings is 5. The maximum absolute atomic E-state index is 5.11. The van der Waals surface area contributed by atoms with Crippen molar-refractivity contribution in [3.05, 3.63) is 110 Å². The highest BCUT2D eigenvalue weighted by Crippen LogP contribution is 2.11. The summed E-state index contributed by atoms with van der Waals surface area (Å²) in [4.78, 5) is 35.8. The third kappa shape index (κ3) is 14.4. The van der Waals surface area contributed by atoms with Crippen LogP contribution >= 0.6 is 0 Å². The molecule has 0 atom stereocenters. The fraction of sp³-hybridized carbons (Fsp3) is 0.192. The third-order valence-electron chi connectivity index (χ3n) is 4.13. The molecule has 6 aromatic rings. The Morgan fingerprint density at radius 1 is 0.737 bits per heavy atom. The van der Waals surface area contributed by atoms with Crippen molar-refractivity contribution < 1.29 is 0 Å². The number of aromatic amines is 5. The second kappa shape index (κ2) is 19.2. The second-order valence-corrected chi connectivity index (χ2v) is 7.49. The summed E-state index contributed by atoms with van der Waals surface area (Å²) < 4.78 is 0. The summed E-state index contributed by atoms with van der Waals surface area (Å²) in [7, 11) is 4.03. The van der Waals surface area contributed by atoms with Crippen LogP contribution in [0.15, 0.2) is 98.6 Å². The van der Waals surface area contributed by atoms with Crippen LogP contribution in [0.1, 0.15) is 19.1 Å². The monoisotopic (exact) mass is 518 g/mol. The molecule has 0 spiro atoms. The third-order valence-corrected chi connectivity index (χ3v) is 4.13. The van der Waals surface area contributed by atoms with Crippen molar-refractivity contribution >= 4 is 5.95 Å². The molecule has 0 radical (unpaired) electrons. The van der Waals surface area contributed by atoms with Gasteiger partial charge in [-0.1, -0.05) is 37.8 Å². The number of aryl methyl sites for hydroxylation is 1. The number of nitrogen functional groups attached to an aromatic ring is 1. The van der Waals surface area contributed by atoms with Crippen molar-refractivity contribution in [3.63, 3.8) is 0 Å². The fourth-order valence-electron chi connectivity index (χ4n) is 2.54. The summed E-state index contributed by atoms with van der Waals surface area (Å²) in [6.07, 6.45) is 19.1. The first-order valence-corrected chi connectivity index (χ1v) is 11.4. The van der Waals surface area contributed by atoms with Gasteiger partial charge in [-0.2, -0.15) is 0 Å². The number of benzene rings is 1. The highest BCUT2D eigenvalue weighted by molar-refractivity contribution is 5.53. The van der Waals surface area contributed by atoms with Crippen molar-refractivity contribution in [1.29, 1.82) is 0 Å². The summed E-state index contributed by atoms with van der Waals surface area (Å²) >= 11 is 0. The average molecular weight is 519 g/mol. The second-order valence-electron chi connectivity index (χ2n) is 7.49. The first-order valence-electron chi connectivity index (χ1n) is 11.4. The predicted octanol–water partition coefficient (Wildman–Crippen LogP) is 4.30. The Morgan fingerprint density at radius 3 is 1.76 bits per heavy atom. The fourth-order valence-corrected chi connectivity index (χ4v) is 2.54. The summed E-state index contributed by atoms with van der Waals surface area (Å²) in [5.41, 5.74) is 6.23. The van der Waals surface area contributed by atoms with Crippen molar-refractivity contribution in [2.45, 2.75) is 20.9 Å². The molecule has 0 amide bonds. The van der Waals surface area contributed by atoms with Gasteiger partial charge < -0.3 is 35.6 Å². The number of aromatic nitrogens is 10. The van der Waals surface area contributed by atoms with E-state index >= 15 is 0 Å². The van der Waals surface area contributed by atoms with Crippen molar-refractivity contribution in [2.75, 3.05) is 19.8 Å². The van der Waals surface area contributed by atoms with Gasteiger partial charge in [0.1, 0.15) is 17.5 Å². The molecule has 0 aliphatic rings. The summed E-state index contributed by atoms with van der Waals surface area (Å²) in [5, 5.41) is 0. The van der Waals surface area contributed by atoms with Crippen LogP contribution in [0.5, 0.6) is 0 Å². The van der Waals surface area contributed by atoms with Crippen LogP contribution in [0.3, 0.4) is 0 Å². The Hall–Kier alpha value is -4.97. The number of nitrogens with zero attached hydrogens (tertiary/aromatic N) is 6. The Bertz CT molecular complexity index is 1160. The summed E-state index contributed by atoms with van der Waals surface area (Å²) in [6, 6.07) is 10.0. The Morgan fingerprint density at radius 2 is 1.39 bits per heavy atom. The number of hydrogen-bond acceptors (Lipinski definition) is 7. The van der Waals surface area contributed by atoms with Gasteiger partial charge in [-0.15, -0.1) is 0 Å². The first-order chi connectivity index (χ1) is 18.0. The van der Waals surface area contributed by atoms with Gasteiger partial charge >= 0.3 is 0 Å². The lowest BCUT2D eigenvalue weighted by Crippen LogP contribution is -2.11. The smallest absolute Gasteiger partial charge is 0.197 e. The molecule has 6 rings (SSSR count). The Labute approximate surface area is 223 Å². The molecule has 0 saturated carbocycles. The van der Waals surface area contributed by atoms with Gasteiger partial charge in [0.25, 0.3) is 0 Å². The highest BCUT2D eigenvalue weighted by Gasteiger charge is 1.95. The zero-order valence-electron chi connectivity index (χ0n) is 21.2. The molecular formula is C26H38N12. The van der Waals surface area contributed by atoms with Crippen LogP contribution in [-0.4, -0.2) is 68.8 Å². The molecule has 0 saturated heterocycles. The van der Waals surface area contributed by atoms with Crippen molar-refractivity contribution in [1.82, 2.24) is 54.7 Å². The van der Waals surface area contributed by atoms with E-state index in [4.69, 9.17) is 5.73 Å². The van der Waals surface area contributed by atoms with Gasteiger partial charge in [0.2, 0.25) is 0 Å². The number of nitrogens with two attached hydrogens (primary N) is 1. The molecule has 7 N–H and O–H groups in total. The molecule has 0 bridgehead atoms. The van der Waals surface area contributed by atoms with E-state index in [0.717, 1.165) is 29.6 Å². The number of nitrogens with one attached hydrogen (secondary N) is 5. The molecule has 0 aliphatic carbocycles. The molecular weight excluding hydrogens is 480 g/mol. The number of rotatable bonds is 3. The zero-order valence-corrected chi connectivity index (χ0v) is 21.2. The van der Waals surface area contributed by atoms with Crippen LogP contribution in [0.25, 0.3) is 11.4 Å². The van der Waals surface area contributed by atoms with Crippen LogP contribution < -0.4 is 5.73 Å². The molecule has 5 heterocycles. The Kier molecular flexibility index (Phi) is 15.7. The zero-order chi connectivity index (χ0) is 26.6. The normalized spacial score (nSPS) is 9.16. The van der Waals surface area contributed by atoms with Gasteiger partial charge in [-0.3, -0.25) is 0 Å². The molecule has 1 aromatic carbocycles. The summed E-state index contributed by atoms with van der Waals surface area (Å²) in [5.74, 6) is 3.37. The molecule has 0 unspecified atom stereocenters. The Balaban J connectivity index is 0.000000243. The van der Waals surface area contributed by atoms with E-state index in [2.05, 4.69) is 54.7 Å². The van der Waals surface area contributed by atoms with E-state index in [1.165, 1.54) is 0 Å². The molecule has 0 aliphatic heterocycles. The van der Waals surface area contributed by atoms with E-state index in [1.54, 1.807) is 55.9 Å². The molecule has 5 aromatic heterocycles. The standard InChI is InChI=1S/C9H8N2.C6H11N3.C4H6N2.C3H5N3.C3H4N2.CH4/c1-2-4-8(5-3-1)9-10-6-7-11-9;1-9(2)5-6-7-3-4-8-6;1-4-5-2-3-6-4;4-3-5-1-2-6-3;1-2-5-3-4-1;/h1-7H,(H,10,11);3-4H,5H2,1-2H3,(H,7,8);2-3H,1H3,(H,5,6);1-2H,(H3,4,5,6);1-3H,(H,4,5);1H4. The largest absolute Gasteiger partial charge is 0.369 e. The maximum Gasteiger partial charge on any atom is 0.197 e. The molecule has 38 heavy (non-hydrogen) atoms. The quantitative estimate of drug-likeness (QED) is 0.202. The highest BCUT2D eigenvalue weighted by atomic mass is 15.1. The predicted molar refractivity (Wildman–Crippen MR) is 152 cm³/mol. The van der Waals surface area contributed by atoms with E-state index in [0.29, 0.717) is 5.95 Å². The van der Waals surface area contributed by atoms with Crippen LogP contribution in [0.4, 0.5) is 5.95 Å². The van der Waals surface area contributed by atoms with E-state index in [1.807, 2.05) is 63.7 Å². The minimum absolute atomic E-state index is 0. The molecule has 0 fully saturated rings. The molecule has 202 valence electrons. The average Bonchev–Trinajstić information content (AvgIpc) is 3.73. The van der Waals surface area contributed by atoms with Gasteiger partial charge in [0.15, 0.2) is 5.95 Å². The van der Waals surface area contributed by atoms with Crippen LogP contribution in [0, 0.1) is 6.92 Å². The topological polar surface area (TPSA) is 173 Å². The lowest BCUT2D eigenvalue weighted by Gasteiger charge is -2.04. The van der Waals surface area contributed by atoms with Gasteiger partial charge in [0.05, 0.1) is 12.9 Å². The first kappa shape index (κ1) is 31.1. The SMILES string of the molecule is C.CN(C)Cc1ncc[nH]1.Cc1ncc[nH]1.Nc1ncc[nH]1.c1c[nH]cn1.c1ccc(-c2ncc[nH]2)cc1.